The van der Waals surface area contributed by atoms with Gasteiger partial charge in [0.05, 0.1) is 12.2 Å². The molecule has 2 amide bonds. The van der Waals surface area contributed by atoms with Crippen LogP contribution in [0.2, 0.25) is 0 Å². The molecule has 8 heteroatoms. The van der Waals surface area contributed by atoms with E-state index >= 15 is 0 Å². The van der Waals surface area contributed by atoms with E-state index in [9.17, 15) is 14.0 Å². The zero-order chi connectivity index (χ0) is 17.2. The zero-order valence-electron chi connectivity index (χ0n) is 13.4. The number of nitrogens with two attached hydrogens (primary N) is 1. The van der Waals surface area contributed by atoms with Gasteiger partial charge in [-0.2, -0.15) is 0 Å². The fourth-order valence-electron chi connectivity index (χ4n) is 2.33. The smallest absolute Gasteiger partial charge is 0.411 e. The molecule has 2 heterocycles. The number of hydrogen-bond donors (Lipinski definition) is 1. The number of rotatable bonds is 2. The molecule has 0 bridgehead atoms. The number of anilines is 1. The second-order valence-electron chi connectivity index (χ2n) is 6.40. The number of pyridine rings is 1. The van der Waals surface area contributed by atoms with E-state index in [2.05, 4.69) is 4.98 Å². The number of ether oxygens (including phenoxy) is 1. The summed E-state index contributed by atoms with van der Waals surface area (Å²) in [6.07, 6.45) is 0.861. The molecule has 23 heavy (non-hydrogen) atoms. The van der Waals surface area contributed by atoms with Crippen molar-refractivity contribution in [2.24, 2.45) is 5.84 Å². The summed E-state index contributed by atoms with van der Waals surface area (Å²) in [5.41, 5.74) is -0.316. The van der Waals surface area contributed by atoms with E-state index in [0.717, 1.165) is 9.91 Å². The van der Waals surface area contributed by atoms with E-state index in [1.807, 2.05) is 0 Å². The van der Waals surface area contributed by atoms with E-state index in [4.69, 9.17) is 10.6 Å². The first-order valence-corrected chi connectivity index (χ1v) is 7.31. The number of carbonyl (C=O) groups is 2. The largest absolute Gasteiger partial charge is 0.444 e. The van der Waals surface area contributed by atoms with Crippen LogP contribution in [0.5, 0.6) is 0 Å². The topological polar surface area (TPSA) is 88.8 Å². The van der Waals surface area contributed by atoms with Crippen LogP contribution in [-0.2, 0) is 9.53 Å². The minimum Gasteiger partial charge on any atom is -0.444 e. The van der Waals surface area contributed by atoms with Gasteiger partial charge in [0.1, 0.15) is 17.8 Å². The van der Waals surface area contributed by atoms with E-state index < -0.39 is 29.8 Å². The summed E-state index contributed by atoms with van der Waals surface area (Å²) in [5, 5.41) is 0.905. The Hall–Kier alpha value is -2.22. The molecule has 0 spiro atoms. The molecule has 1 saturated heterocycles. The second-order valence-corrected chi connectivity index (χ2v) is 6.40. The molecule has 2 unspecified atom stereocenters. The van der Waals surface area contributed by atoms with Crippen LogP contribution >= 0.6 is 0 Å². The Morgan fingerprint density at radius 1 is 1.39 bits per heavy atom. The van der Waals surface area contributed by atoms with Gasteiger partial charge in [0.15, 0.2) is 0 Å². The molecule has 2 rings (SSSR count). The van der Waals surface area contributed by atoms with Crippen molar-refractivity contribution >= 4 is 17.7 Å². The van der Waals surface area contributed by atoms with Crippen molar-refractivity contribution in [2.45, 2.75) is 45.0 Å². The number of carbonyl (C=O) groups excluding carboxylic acids is 2. The predicted molar refractivity (Wildman–Crippen MR) is 82.2 cm³/mol. The molecule has 1 aromatic heterocycles. The summed E-state index contributed by atoms with van der Waals surface area (Å²) in [5.74, 6) is 5.24. The van der Waals surface area contributed by atoms with Gasteiger partial charge in [-0.3, -0.25) is 14.7 Å². The van der Waals surface area contributed by atoms with Crippen LogP contribution in [0, 0.1) is 0 Å². The Labute approximate surface area is 134 Å². The lowest BCUT2D eigenvalue weighted by atomic mass is 10.2. The van der Waals surface area contributed by atoms with Gasteiger partial charge in [-0.1, -0.05) is 0 Å². The third kappa shape index (κ3) is 4.16. The first-order chi connectivity index (χ1) is 10.7. The predicted octanol–water partition coefficient (Wildman–Crippen LogP) is 1.64. The summed E-state index contributed by atoms with van der Waals surface area (Å²) >= 11 is 0. The first kappa shape index (κ1) is 17.1. The number of halogens is 1. The molecule has 0 aromatic carbocycles. The Balaban J connectivity index is 2.15. The number of likely N-dealkylation sites (tertiary alicyclic amines) is 1. The summed E-state index contributed by atoms with van der Waals surface area (Å²) in [4.78, 5) is 29.7. The van der Waals surface area contributed by atoms with E-state index in [0.29, 0.717) is 5.69 Å². The van der Waals surface area contributed by atoms with E-state index in [1.165, 1.54) is 12.4 Å². The molecule has 1 aliphatic heterocycles. The monoisotopic (exact) mass is 324 g/mol. The van der Waals surface area contributed by atoms with Gasteiger partial charge in [0.2, 0.25) is 0 Å². The Morgan fingerprint density at radius 2 is 2.00 bits per heavy atom. The Kier molecular flexibility index (Phi) is 4.84. The van der Waals surface area contributed by atoms with Crippen molar-refractivity contribution in [3.05, 3.63) is 24.5 Å². The highest BCUT2D eigenvalue weighted by Crippen LogP contribution is 2.25. The highest BCUT2D eigenvalue weighted by atomic mass is 19.1. The lowest BCUT2D eigenvalue weighted by molar-refractivity contribution is -0.123. The molecule has 0 saturated carbocycles. The van der Waals surface area contributed by atoms with Crippen LogP contribution in [0.3, 0.4) is 0 Å². The van der Waals surface area contributed by atoms with E-state index in [1.54, 1.807) is 32.9 Å². The third-order valence-corrected chi connectivity index (χ3v) is 3.34. The van der Waals surface area contributed by atoms with Gasteiger partial charge < -0.3 is 4.74 Å². The SMILES string of the molecule is CC(C)(C)OC(=O)N1CC(F)CC1C(=O)N(N)c1ccncc1. The van der Waals surface area contributed by atoms with Crippen molar-refractivity contribution in [2.75, 3.05) is 11.6 Å². The Morgan fingerprint density at radius 3 is 2.57 bits per heavy atom. The van der Waals surface area contributed by atoms with Crippen molar-refractivity contribution in [3.63, 3.8) is 0 Å². The second kappa shape index (κ2) is 6.49. The lowest BCUT2D eigenvalue weighted by Gasteiger charge is -2.29. The molecular formula is C15H21FN4O3. The van der Waals surface area contributed by atoms with Crippen molar-refractivity contribution in [1.82, 2.24) is 9.88 Å². The van der Waals surface area contributed by atoms with Crippen molar-refractivity contribution < 1.29 is 18.7 Å². The summed E-state index contributed by atoms with van der Waals surface area (Å²) in [6, 6.07) is 2.12. The summed E-state index contributed by atoms with van der Waals surface area (Å²) < 4.78 is 19.0. The van der Waals surface area contributed by atoms with Crippen LogP contribution in [-0.4, -0.2) is 46.2 Å². The highest BCUT2D eigenvalue weighted by molar-refractivity contribution is 5.98. The van der Waals surface area contributed by atoms with Crippen molar-refractivity contribution in [3.8, 4) is 0 Å². The molecule has 1 aliphatic rings. The molecule has 1 aromatic rings. The van der Waals surface area contributed by atoms with Gasteiger partial charge in [0, 0.05) is 18.8 Å². The maximum absolute atomic E-state index is 13.8. The first-order valence-electron chi connectivity index (χ1n) is 7.31. The van der Waals surface area contributed by atoms with Crippen LogP contribution in [0.1, 0.15) is 27.2 Å². The van der Waals surface area contributed by atoms with Crippen LogP contribution in [0.4, 0.5) is 14.9 Å². The van der Waals surface area contributed by atoms with Crippen molar-refractivity contribution in [1.29, 1.82) is 0 Å². The lowest BCUT2D eigenvalue weighted by Crippen LogP contribution is -2.51. The average molecular weight is 324 g/mol. The Bertz CT molecular complexity index is 576. The fraction of sp³-hybridized carbons (Fsp3) is 0.533. The zero-order valence-corrected chi connectivity index (χ0v) is 13.4. The summed E-state index contributed by atoms with van der Waals surface area (Å²) in [7, 11) is 0. The summed E-state index contributed by atoms with van der Waals surface area (Å²) in [6.45, 7) is 4.93. The van der Waals surface area contributed by atoms with Gasteiger partial charge in [-0.15, -0.1) is 0 Å². The third-order valence-electron chi connectivity index (χ3n) is 3.34. The number of aromatic nitrogens is 1. The number of alkyl halides is 1. The van der Waals surface area contributed by atoms with Gasteiger partial charge in [-0.05, 0) is 32.9 Å². The van der Waals surface area contributed by atoms with Crippen LogP contribution in [0.15, 0.2) is 24.5 Å². The normalized spacial score (nSPS) is 21.2. The van der Waals surface area contributed by atoms with E-state index in [-0.39, 0.29) is 13.0 Å². The average Bonchev–Trinajstić information content (AvgIpc) is 2.87. The molecule has 126 valence electrons. The van der Waals surface area contributed by atoms with Gasteiger partial charge >= 0.3 is 6.09 Å². The molecule has 7 nitrogen and oxygen atoms in total. The highest BCUT2D eigenvalue weighted by Gasteiger charge is 2.43. The molecule has 0 aliphatic carbocycles. The van der Waals surface area contributed by atoms with Gasteiger partial charge in [-0.25, -0.2) is 20.0 Å². The maximum atomic E-state index is 13.8. The minimum absolute atomic E-state index is 0.100. The van der Waals surface area contributed by atoms with Crippen LogP contribution < -0.4 is 10.9 Å². The number of amides is 2. The molecule has 0 radical (unpaired) electrons. The maximum Gasteiger partial charge on any atom is 0.411 e. The molecular weight excluding hydrogens is 303 g/mol. The molecule has 2 N–H and O–H groups in total. The quantitative estimate of drug-likeness (QED) is 0.507. The molecule has 2 atom stereocenters. The minimum atomic E-state index is -1.29. The van der Waals surface area contributed by atoms with Crippen LogP contribution in [0.25, 0.3) is 0 Å². The number of nitrogens with zero attached hydrogens (tertiary/aromatic N) is 3. The number of hydrogen-bond acceptors (Lipinski definition) is 5. The standard InChI is InChI=1S/C15H21FN4O3/c1-15(2,3)23-14(22)19-9-10(16)8-12(19)13(21)20(17)11-4-6-18-7-5-11/h4-7,10,12H,8-9,17H2,1-3H3. The molecule has 1 fully saturated rings. The number of hydrazine groups is 1. The van der Waals surface area contributed by atoms with Gasteiger partial charge in [0.25, 0.3) is 5.91 Å². The fourth-order valence-corrected chi connectivity index (χ4v) is 2.33.